The summed E-state index contributed by atoms with van der Waals surface area (Å²) in [6.45, 7) is 3.70. The van der Waals surface area contributed by atoms with Crippen molar-refractivity contribution in [3.63, 3.8) is 0 Å². The molecule has 0 unspecified atom stereocenters. The van der Waals surface area contributed by atoms with E-state index in [1.165, 1.54) is 12.1 Å². The first-order valence-electron chi connectivity index (χ1n) is 6.86. The Morgan fingerprint density at radius 2 is 1.71 bits per heavy atom. The molecule has 0 atom stereocenters. The lowest BCUT2D eigenvalue weighted by Crippen LogP contribution is -2.45. The summed E-state index contributed by atoms with van der Waals surface area (Å²) in [6, 6.07) is 7.93. The van der Waals surface area contributed by atoms with Gasteiger partial charge in [0, 0.05) is 37.8 Å². The van der Waals surface area contributed by atoms with E-state index in [2.05, 4.69) is 26.8 Å². The van der Waals surface area contributed by atoms with Crippen molar-refractivity contribution in [3.05, 3.63) is 41.3 Å². The van der Waals surface area contributed by atoms with E-state index in [-0.39, 0.29) is 5.82 Å². The smallest absolute Gasteiger partial charge is 0.227 e. The molecule has 1 aromatic carbocycles. The van der Waals surface area contributed by atoms with E-state index in [4.69, 9.17) is 11.6 Å². The van der Waals surface area contributed by atoms with E-state index in [9.17, 15) is 4.39 Å². The minimum absolute atomic E-state index is 0.266. The number of hydrogen-bond acceptors (Lipinski definition) is 4. The fourth-order valence-electron chi connectivity index (χ4n) is 2.32. The molecule has 2 aromatic rings. The lowest BCUT2D eigenvalue weighted by molar-refractivity contribution is 0.311. The minimum Gasteiger partial charge on any atom is -0.338 e. The van der Waals surface area contributed by atoms with Gasteiger partial charge in [-0.25, -0.2) is 14.4 Å². The first-order valence-corrected chi connectivity index (χ1v) is 7.23. The van der Waals surface area contributed by atoms with Crippen LogP contribution >= 0.6 is 11.6 Å². The van der Waals surface area contributed by atoms with E-state index >= 15 is 0 Å². The molecule has 21 heavy (non-hydrogen) atoms. The van der Waals surface area contributed by atoms with E-state index in [1.54, 1.807) is 18.2 Å². The largest absolute Gasteiger partial charge is 0.338 e. The normalized spacial score (nSPS) is 16.2. The van der Waals surface area contributed by atoms with Gasteiger partial charge in [-0.3, -0.25) is 0 Å². The van der Waals surface area contributed by atoms with Crippen LogP contribution in [0.15, 0.2) is 30.3 Å². The van der Waals surface area contributed by atoms with Crippen LogP contribution in [0, 0.1) is 5.82 Å². The molecule has 0 amide bonds. The lowest BCUT2D eigenvalue weighted by Gasteiger charge is -2.32. The summed E-state index contributed by atoms with van der Waals surface area (Å²) in [4.78, 5) is 13.3. The third kappa shape index (κ3) is 3.31. The second kappa shape index (κ2) is 5.95. The topological polar surface area (TPSA) is 32.3 Å². The number of halogens is 2. The molecule has 0 N–H and O–H groups in total. The summed E-state index contributed by atoms with van der Waals surface area (Å²) >= 11 is 6.12. The summed E-state index contributed by atoms with van der Waals surface area (Å²) in [7, 11) is 2.10. The SMILES string of the molecule is CN1CCN(c2nc(Cl)cc(-c3ccc(F)cc3)n2)CC1. The maximum absolute atomic E-state index is 13.0. The number of anilines is 1. The van der Waals surface area contributed by atoms with Gasteiger partial charge in [-0.05, 0) is 31.3 Å². The summed E-state index contributed by atoms with van der Waals surface area (Å²) in [6.07, 6.45) is 0. The summed E-state index contributed by atoms with van der Waals surface area (Å²) in [5.41, 5.74) is 1.54. The highest BCUT2D eigenvalue weighted by molar-refractivity contribution is 6.29. The van der Waals surface area contributed by atoms with Crippen molar-refractivity contribution in [1.82, 2.24) is 14.9 Å². The molecular weight excluding hydrogens is 291 g/mol. The highest BCUT2D eigenvalue weighted by Gasteiger charge is 2.17. The third-order valence-electron chi connectivity index (χ3n) is 3.61. The van der Waals surface area contributed by atoms with Crippen molar-refractivity contribution in [3.8, 4) is 11.3 Å². The zero-order valence-corrected chi connectivity index (χ0v) is 12.5. The molecular formula is C15H16ClFN4. The monoisotopic (exact) mass is 306 g/mol. The molecule has 6 heteroatoms. The number of piperazine rings is 1. The van der Waals surface area contributed by atoms with Crippen LogP contribution in [0.3, 0.4) is 0 Å². The van der Waals surface area contributed by atoms with Crippen LogP contribution in [-0.4, -0.2) is 48.1 Å². The van der Waals surface area contributed by atoms with Gasteiger partial charge in [0.25, 0.3) is 0 Å². The van der Waals surface area contributed by atoms with Gasteiger partial charge in [0.1, 0.15) is 11.0 Å². The van der Waals surface area contributed by atoms with Crippen LogP contribution in [0.2, 0.25) is 5.15 Å². The Bertz CT molecular complexity index is 624. The molecule has 1 fully saturated rings. The van der Waals surface area contributed by atoms with Gasteiger partial charge in [0.05, 0.1) is 5.69 Å². The summed E-state index contributed by atoms with van der Waals surface area (Å²) in [5, 5.41) is 0.401. The van der Waals surface area contributed by atoms with E-state index in [0.717, 1.165) is 31.7 Å². The third-order valence-corrected chi connectivity index (χ3v) is 3.80. The number of nitrogens with zero attached hydrogens (tertiary/aromatic N) is 4. The van der Waals surface area contributed by atoms with Gasteiger partial charge in [-0.15, -0.1) is 0 Å². The predicted molar refractivity (Wildman–Crippen MR) is 82.1 cm³/mol. The summed E-state index contributed by atoms with van der Waals surface area (Å²) < 4.78 is 13.0. The fourth-order valence-corrected chi connectivity index (χ4v) is 2.50. The van der Waals surface area contributed by atoms with Crippen LogP contribution < -0.4 is 4.90 Å². The maximum atomic E-state index is 13.0. The second-order valence-electron chi connectivity index (χ2n) is 5.17. The van der Waals surface area contributed by atoms with Crippen molar-refractivity contribution >= 4 is 17.5 Å². The first kappa shape index (κ1) is 14.2. The number of benzene rings is 1. The van der Waals surface area contributed by atoms with Gasteiger partial charge in [0.15, 0.2) is 0 Å². The van der Waals surface area contributed by atoms with Gasteiger partial charge in [-0.1, -0.05) is 11.6 Å². The van der Waals surface area contributed by atoms with Gasteiger partial charge in [0.2, 0.25) is 5.95 Å². The Balaban J connectivity index is 1.91. The molecule has 1 aromatic heterocycles. The molecule has 110 valence electrons. The molecule has 3 rings (SSSR count). The number of aromatic nitrogens is 2. The van der Waals surface area contributed by atoms with Gasteiger partial charge >= 0.3 is 0 Å². The van der Waals surface area contributed by atoms with Crippen LogP contribution in [0.1, 0.15) is 0 Å². The van der Waals surface area contributed by atoms with E-state index < -0.39 is 0 Å². The predicted octanol–water partition coefficient (Wildman–Crippen LogP) is 2.69. The van der Waals surface area contributed by atoms with Crippen molar-refractivity contribution in [2.75, 3.05) is 38.1 Å². The van der Waals surface area contributed by atoms with Gasteiger partial charge < -0.3 is 9.80 Å². The molecule has 0 saturated carbocycles. The molecule has 1 aliphatic heterocycles. The molecule has 2 heterocycles. The van der Waals surface area contributed by atoms with Crippen LogP contribution in [0.5, 0.6) is 0 Å². The highest BCUT2D eigenvalue weighted by Crippen LogP contribution is 2.23. The second-order valence-corrected chi connectivity index (χ2v) is 5.56. The number of rotatable bonds is 2. The first-order chi connectivity index (χ1) is 10.1. The molecule has 1 saturated heterocycles. The summed E-state index contributed by atoms with van der Waals surface area (Å²) in [5.74, 6) is 0.369. The van der Waals surface area contributed by atoms with Crippen molar-refractivity contribution in [2.24, 2.45) is 0 Å². The van der Waals surface area contributed by atoms with E-state index in [0.29, 0.717) is 16.8 Å². The molecule has 4 nitrogen and oxygen atoms in total. The minimum atomic E-state index is -0.266. The average molecular weight is 307 g/mol. The van der Waals surface area contributed by atoms with Crippen molar-refractivity contribution in [2.45, 2.75) is 0 Å². The fraction of sp³-hybridized carbons (Fsp3) is 0.333. The van der Waals surface area contributed by atoms with Crippen molar-refractivity contribution in [1.29, 1.82) is 0 Å². The molecule has 0 bridgehead atoms. The Kier molecular flexibility index (Phi) is 4.03. The van der Waals surface area contributed by atoms with E-state index in [1.807, 2.05) is 0 Å². The van der Waals surface area contributed by atoms with Crippen LogP contribution in [0.4, 0.5) is 10.3 Å². The average Bonchev–Trinajstić information content (AvgIpc) is 2.48. The van der Waals surface area contributed by atoms with Crippen LogP contribution in [-0.2, 0) is 0 Å². The Labute approximate surface area is 128 Å². The number of likely N-dealkylation sites (N-methyl/N-ethyl adjacent to an activating group) is 1. The highest BCUT2D eigenvalue weighted by atomic mass is 35.5. The Morgan fingerprint density at radius 3 is 2.38 bits per heavy atom. The Morgan fingerprint density at radius 1 is 1.05 bits per heavy atom. The maximum Gasteiger partial charge on any atom is 0.227 e. The quantitative estimate of drug-likeness (QED) is 0.799. The molecule has 1 aliphatic rings. The zero-order valence-electron chi connectivity index (χ0n) is 11.8. The van der Waals surface area contributed by atoms with Crippen molar-refractivity contribution < 1.29 is 4.39 Å². The standard InChI is InChI=1S/C15H16ClFN4/c1-20-6-8-21(9-7-20)15-18-13(10-14(16)19-15)11-2-4-12(17)5-3-11/h2-5,10H,6-9H2,1H3. The lowest BCUT2D eigenvalue weighted by atomic mass is 10.1. The molecule has 0 aliphatic carbocycles. The van der Waals surface area contributed by atoms with Gasteiger partial charge in [-0.2, -0.15) is 0 Å². The Hall–Kier alpha value is -1.72. The molecule has 0 radical (unpaired) electrons. The van der Waals surface area contributed by atoms with Crippen LogP contribution in [0.25, 0.3) is 11.3 Å². The zero-order chi connectivity index (χ0) is 14.8. The number of hydrogen-bond donors (Lipinski definition) is 0. The molecule has 0 spiro atoms.